The number of hydrogen-bond acceptors (Lipinski definition) is 2. The molecule has 17 heavy (non-hydrogen) atoms. The maximum absolute atomic E-state index is 11.7. The summed E-state index contributed by atoms with van der Waals surface area (Å²) in [6.07, 6.45) is 3.46. The van der Waals surface area contributed by atoms with Crippen LogP contribution in [-0.4, -0.2) is 9.55 Å². The van der Waals surface area contributed by atoms with E-state index in [0.717, 1.165) is 16.6 Å². The van der Waals surface area contributed by atoms with Gasteiger partial charge in [0.25, 0.3) is 5.56 Å². The van der Waals surface area contributed by atoms with Crippen molar-refractivity contribution in [2.75, 3.05) is 0 Å². The molecule has 0 atom stereocenters. The maximum Gasteiger partial charge on any atom is 0.255 e. The molecule has 3 rings (SSSR count). The number of para-hydroxylation sites is 1. The van der Waals surface area contributed by atoms with E-state index >= 15 is 0 Å². The van der Waals surface area contributed by atoms with Gasteiger partial charge in [-0.25, -0.2) is 0 Å². The van der Waals surface area contributed by atoms with E-state index in [1.807, 2.05) is 36.4 Å². The highest BCUT2D eigenvalue weighted by Gasteiger charge is 2.00. The van der Waals surface area contributed by atoms with Gasteiger partial charge in [0.15, 0.2) is 0 Å². The number of hydrogen-bond donors (Lipinski definition) is 0. The first-order chi connectivity index (χ1) is 8.34. The second-order valence-corrected chi connectivity index (χ2v) is 3.80. The Bertz CT molecular complexity index is 731. The smallest absolute Gasteiger partial charge is 0.255 e. The Morgan fingerprint density at radius 2 is 1.82 bits per heavy atom. The Hall–Kier alpha value is -2.42. The molecule has 0 aliphatic rings. The van der Waals surface area contributed by atoms with Crippen molar-refractivity contribution < 1.29 is 0 Å². The Morgan fingerprint density at radius 3 is 2.71 bits per heavy atom. The van der Waals surface area contributed by atoms with Gasteiger partial charge in [0.2, 0.25) is 0 Å². The Labute approximate surface area is 98.0 Å². The summed E-state index contributed by atoms with van der Waals surface area (Å²) in [5.41, 5.74) is 1.67. The zero-order valence-corrected chi connectivity index (χ0v) is 9.08. The lowest BCUT2D eigenvalue weighted by molar-refractivity contribution is 0.984. The summed E-state index contributed by atoms with van der Waals surface area (Å²) in [4.78, 5) is 16.0. The molecule has 0 aliphatic heterocycles. The highest BCUT2D eigenvalue weighted by molar-refractivity contribution is 5.80. The van der Waals surface area contributed by atoms with Crippen LogP contribution in [0.2, 0.25) is 0 Å². The molecule has 2 heterocycles. The van der Waals surface area contributed by atoms with Gasteiger partial charge in [-0.05, 0) is 18.2 Å². The molecule has 2 aromatic heterocycles. The Morgan fingerprint density at radius 1 is 1.00 bits per heavy atom. The third kappa shape index (κ3) is 1.72. The summed E-state index contributed by atoms with van der Waals surface area (Å²) in [5.74, 6) is 0. The monoisotopic (exact) mass is 222 g/mol. The lowest BCUT2D eigenvalue weighted by atomic mass is 10.2. The van der Waals surface area contributed by atoms with Crippen molar-refractivity contribution in [3.8, 4) is 5.69 Å². The molecule has 1 aromatic carbocycles. The fourth-order valence-electron chi connectivity index (χ4n) is 1.83. The van der Waals surface area contributed by atoms with E-state index in [-0.39, 0.29) is 5.56 Å². The molecule has 82 valence electrons. The molecular weight excluding hydrogens is 212 g/mol. The van der Waals surface area contributed by atoms with Gasteiger partial charge in [0.05, 0.1) is 17.4 Å². The van der Waals surface area contributed by atoms with E-state index in [2.05, 4.69) is 4.98 Å². The van der Waals surface area contributed by atoms with Crippen LogP contribution >= 0.6 is 0 Å². The highest BCUT2D eigenvalue weighted by Crippen LogP contribution is 2.14. The lowest BCUT2D eigenvalue weighted by Gasteiger charge is -2.05. The average molecular weight is 222 g/mol. The fourth-order valence-corrected chi connectivity index (χ4v) is 1.83. The molecule has 3 nitrogen and oxygen atoms in total. The van der Waals surface area contributed by atoms with E-state index in [4.69, 9.17) is 0 Å². The molecule has 0 amide bonds. The van der Waals surface area contributed by atoms with Crippen molar-refractivity contribution in [3.63, 3.8) is 0 Å². The standard InChI is InChI=1S/C14H10N2O/c17-14-7-3-4-8-16(14)12-9-11-5-1-2-6-13(11)15-10-12/h1-10H. The van der Waals surface area contributed by atoms with Crippen molar-refractivity contribution in [3.05, 3.63) is 71.3 Å². The Balaban J connectivity index is 2.25. The molecule has 0 unspecified atom stereocenters. The molecule has 0 fully saturated rings. The zero-order valence-electron chi connectivity index (χ0n) is 9.08. The second-order valence-electron chi connectivity index (χ2n) is 3.80. The lowest BCUT2D eigenvalue weighted by Crippen LogP contribution is -2.15. The van der Waals surface area contributed by atoms with Gasteiger partial charge in [0.1, 0.15) is 0 Å². The molecular formula is C14H10N2O. The van der Waals surface area contributed by atoms with Gasteiger partial charge >= 0.3 is 0 Å². The topological polar surface area (TPSA) is 34.9 Å². The van der Waals surface area contributed by atoms with Crippen LogP contribution in [0, 0.1) is 0 Å². The molecule has 0 N–H and O–H groups in total. The third-order valence-corrected chi connectivity index (χ3v) is 2.68. The molecule has 0 saturated heterocycles. The van der Waals surface area contributed by atoms with Gasteiger partial charge < -0.3 is 0 Å². The summed E-state index contributed by atoms with van der Waals surface area (Å²) < 4.78 is 1.58. The maximum atomic E-state index is 11.7. The minimum Gasteiger partial charge on any atom is -0.283 e. The van der Waals surface area contributed by atoms with Crippen LogP contribution < -0.4 is 5.56 Å². The van der Waals surface area contributed by atoms with E-state index in [0.29, 0.717) is 0 Å². The van der Waals surface area contributed by atoms with Crippen LogP contribution in [0.1, 0.15) is 0 Å². The number of rotatable bonds is 1. The van der Waals surface area contributed by atoms with E-state index in [1.165, 1.54) is 6.07 Å². The van der Waals surface area contributed by atoms with Gasteiger partial charge in [0, 0.05) is 17.6 Å². The molecule has 3 heteroatoms. The minimum absolute atomic E-state index is 0.0513. The summed E-state index contributed by atoms with van der Waals surface area (Å²) in [6.45, 7) is 0. The van der Waals surface area contributed by atoms with E-state index in [1.54, 1.807) is 23.0 Å². The minimum atomic E-state index is -0.0513. The molecule has 3 aromatic rings. The highest BCUT2D eigenvalue weighted by atomic mass is 16.1. The summed E-state index contributed by atoms with van der Waals surface area (Å²) in [7, 11) is 0. The molecule has 0 saturated carbocycles. The van der Waals surface area contributed by atoms with Crippen molar-refractivity contribution in [2.24, 2.45) is 0 Å². The van der Waals surface area contributed by atoms with Crippen molar-refractivity contribution >= 4 is 10.9 Å². The van der Waals surface area contributed by atoms with Crippen LogP contribution in [0.25, 0.3) is 16.6 Å². The van der Waals surface area contributed by atoms with Gasteiger partial charge in [-0.2, -0.15) is 0 Å². The predicted molar refractivity (Wildman–Crippen MR) is 67.3 cm³/mol. The van der Waals surface area contributed by atoms with Crippen molar-refractivity contribution in [2.45, 2.75) is 0 Å². The first kappa shape index (κ1) is 9.78. The first-order valence-corrected chi connectivity index (χ1v) is 5.37. The normalized spacial score (nSPS) is 10.6. The number of fused-ring (bicyclic) bond motifs is 1. The molecule has 0 bridgehead atoms. The van der Waals surface area contributed by atoms with Crippen LogP contribution in [0.5, 0.6) is 0 Å². The summed E-state index contributed by atoms with van der Waals surface area (Å²) in [5, 5.41) is 1.03. The van der Waals surface area contributed by atoms with E-state index in [9.17, 15) is 4.79 Å². The SMILES string of the molecule is O=c1ccccn1-c1cnc2ccccc2c1. The molecule has 0 spiro atoms. The van der Waals surface area contributed by atoms with Crippen LogP contribution in [0.4, 0.5) is 0 Å². The predicted octanol–water partition coefficient (Wildman–Crippen LogP) is 2.39. The number of nitrogens with zero attached hydrogens (tertiary/aromatic N) is 2. The Kier molecular flexibility index (Phi) is 2.22. The fraction of sp³-hybridized carbons (Fsp3) is 0. The third-order valence-electron chi connectivity index (χ3n) is 2.68. The summed E-state index contributed by atoms with van der Waals surface area (Å²) in [6, 6.07) is 14.9. The number of benzene rings is 1. The average Bonchev–Trinajstić information content (AvgIpc) is 2.39. The largest absolute Gasteiger partial charge is 0.283 e. The second kappa shape index (κ2) is 3.87. The molecule has 0 aliphatic carbocycles. The summed E-state index contributed by atoms with van der Waals surface area (Å²) >= 11 is 0. The van der Waals surface area contributed by atoms with Crippen molar-refractivity contribution in [1.29, 1.82) is 0 Å². The van der Waals surface area contributed by atoms with Gasteiger partial charge in [-0.1, -0.05) is 24.3 Å². The van der Waals surface area contributed by atoms with Crippen LogP contribution in [0.15, 0.2) is 65.7 Å². The first-order valence-electron chi connectivity index (χ1n) is 5.37. The van der Waals surface area contributed by atoms with Gasteiger partial charge in [-0.15, -0.1) is 0 Å². The number of aromatic nitrogens is 2. The molecule has 0 radical (unpaired) electrons. The van der Waals surface area contributed by atoms with E-state index < -0.39 is 0 Å². The quantitative estimate of drug-likeness (QED) is 0.633. The number of pyridine rings is 2. The van der Waals surface area contributed by atoms with Crippen LogP contribution in [0.3, 0.4) is 0 Å². The zero-order chi connectivity index (χ0) is 11.7. The van der Waals surface area contributed by atoms with Crippen molar-refractivity contribution in [1.82, 2.24) is 9.55 Å². The van der Waals surface area contributed by atoms with Crippen LogP contribution in [-0.2, 0) is 0 Å². The van der Waals surface area contributed by atoms with Gasteiger partial charge in [-0.3, -0.25) is 14.3 Å².